The first-order chi connectivity index (χ1) is 12.4. The number of carbonyl (C=O) groups is 2. The lowest BCUT2D eigenvalue weighted by atomic mass is 9.85. The third kappa shape index (κ3) is 4.23. The van der Waals surface area contributed by atoms with Crippen molar-refractivity contribution >= 4 is 23.6 Å². The molecule has 0 saturated heterocycles. The van der Waals surface area contributed by atoms with E-state index in [1.54, 1.807) is 19.0 Å². The van der Waals surface area contributed by atoms with Gasteiger partial charge in [0.05, 0.1) is 5.56 Å². The van der Waals surface area contributed by atoms with E-state index in [1.165, 1.54) is 12.6 Å². The van der Waals surface area contributed by atoms with Crippen LogP contribution in [0.2, 0.25) is 0 Å². The van der Waals surface area contributed by atoms with Crippen molar-refractivity contribution in [3.05, 3.63) is 11.8 Å². The van der Waals surface area contributed by atoms with Gasteiger partial charge in [-0.1, -0.05) is 0 Å². The van der Waals surface area contributed by atoms with Gasteiger partial charge in [0.2, 0.25) is 11.9 Å². The van der Waals surface area contributed by atoms with Crippen molar-refractivity contribution in [2.75, 3.05) is 24.7 Å². The third-order valence-corrected chi connectivity index (χ3v) is 5.35. The zero-order valence-corrected chi connectivity index (χ0v) is 15.5. The van der Waals surface area contributed by atoms with Crippen LogP contribution in [0, 0.1) is 5.92 Å². The van der Waals surface area contributed by atoms with E-state index in [0.29, 0.717) is 23.4 Å². The van der Waals surface area contributed by atoms with E-state index in [2.05, 4.69) is 20.6 Å². The molecule has 8 heteroatoms. The molecule has 142 valence electrons. The standard InChI is InChI=1S/C18H28N6O2/c1-24(2)17(26)11-6-8-13(9-7-11)21-16-14(15(19)25)10-20-18(23-16)22-12-4-3-5-12/h10-13H,3-9H2,1-2H3,(H2,19,25)(H2,20,21,22,23)/t11-,13-. The molecule has 0 radical (unpaired) electrons. The number of primary amides is 1. The largest absolute Gasteiger partial charge is 0.367 e. The number of amides is 2. The van der Waals surface area contributed by atoms with Crippen molar-refractivity contribution in [2.45, 2.75) is 57.0 Å². The van der Waals surface area contributed by atoms with Gasteiger partial charge < -0.3 is 21.3 Å². The van der Waals surface area contributed by atoms with E-state index in [-0.39, 0.29) is 17.9 Å². The van der Waals surface area contributed by atoms with E-state index in [9.17, 15) is 9.59 Å². The lowest BCUT2D eigenvalue weighted by Crippen LogP contribution is -2.35. The van der Waals surface area contributed by atoms with Gasteiger partial charge in [-0.05, 0) is 44.9 Å². The highest BCUT2D eigenvalue weighted by atomic mass is 16.2. The quantitative estimate of drug-likeness (QED) is 0.710. The number of hydrogen-bond donors (Lipinski definition) is 3. The Morgan fingerprint density at radius 1 is 1.08 bits per heavy atom. The fourth-order valence-electron chi connectivity index (χ4n) is 3.52. The average molecular weight is 360 g/mol. The van der Waals surface area contributed by atoms with Crippen molar-refractivity contribution in [3.8, 4) is 0 Å². The molecule has 26 heavy (non-hydrogen) atoms. The Bertz CT molecular complexity index is 666. The van der Waals surface area contributed by atoms with Gasteiger partial charge in [0.1, 0.15) is 5.82 Å². The maximum Gasteiger partial charge on any atom is 0.254 e. The number of carbonyl (C=O) groups excluding carboxylic acids is 2. The Balaban J connectivity index is 1.65. The first-order valence-electron chi connectivity index (χ1n) is 9.35. The molecule has 0 aromatic carbocycles. The van der Waals surface area contributed by atoms with Crippen LogP contribution < -0.4 is 16.4 Å². The smallest absolute Gasteiger partial charge is 0.254 e. The second kappa shape index (κ2) is 7.88. The van der Waals surface area contributed by atoms with Gasteiger partial charge in [0.25, 0.3) is 5.91 Å². The predicted octanol–water partition coefficient (Wildman–Crippen LogP) is 1.60. The highest BCUT2D eigenvalue weighted by Crippen LogP contribution is 2.29. The Hall–Kier alpha value is -2.38. The number of nitrogens with zero attached hydrogens (tertiary/aromatic N) is 3. The van der Waals surface area contributed by atoms with Crippen LogP contribution in [0.15, 0.2) is 6.20 Å². The van der Waals surface area contributed by atoms with Gasteiger partial charge >= 0.3 is 0 Å². The van der Waals surface area contributed by atoms with E-state index < -0.39 is 5.91 Å². The van der Waals surface area contributed by atoms with E-state index >= 15 is 0 Å². The summed E-state index contributed by atoms with van der Waals surface area (Å²) < 4.78 is 0. The second-order valence-corrected chi connectivity index (χ2v) is 7.52. The minimum absolute atomic E-state index is 0.0832. The molecule has 8 nitrogen and oxygen atoms in total. The third-order valence-electron chi connectivity index (χ3n) is 5.35. The molecule has 0 spiro atoms. The first kappa shape index (κ1) is 18.4. The molecule has 0 aliphatic heterocycles. The van der Waals surface area contributed by atoms with Crippen molar-refractivity contribution in [3.63, 3.8) is 0 Å². The van der Waals surface area contributed by atoms with Gasteiger partial charge in [0.15, 0.2) is 0 Å². The minimum Gasteiger partial charge on any atom is -0.367 e. The summed E-state index contributed by atoms with van der Waals surface area (Å²) in [6.45, 7) is 0. The molecule has 0 bridgehead atoms. The topological polar surface area (TPSA) is 113 Å². The minimum atomic E-state index is -0.542. The normalized spacial score (nSPS) is 23.0. The van der Waals surface area contributed by atoms with Crippen LogP contribution in [0.25, 0.3) is 0 Å². The van der Waals surface area contributed by atoms with Crippen LogP contribution >= 0.6 is 0 Å². The van der Waals surface area contributed by atoms with Crippen LogP contribution in [0.4, 0.5) is 11.8 Å². The van der Waals surface area contributed by atoms with Crippen LogP contribution in [0.5, 0.6) is 0 Å². The lowest BCUT2D eigenvalue weighted by molar-refractivity contribution is -0.133. The van der Waals surface area contributed by atoms with Crippen molar-refractivity contribution in [2.24, 2.45) is 11.7 Å². The fraction of sp³-hybridized carbons (Fsp3) is 0.667. The number of nitrogens with one attached hydrogen (secondary N) is 2. The summed E-state index contributed by atoms with van der Waals surface area (Å²) in [5.41, 5.74) is 5.78. The molecule has 2 saturated carbocycles. The number of nitrogens with two attached hydrogens (primary N) is 1. The molecule has 0 atom stereocenters. The number of hydrogen-bond acceptors (Lipinski definition) is 6. The summed E-state index contributed by atoms with van der Waals surface area (Å²) >= 11 is 0. The van der Waals surface area contributed by atoms with Crippen LogP contribution in [0.1, 0.15) is 55.3 Å². The van der Waals surface area contributed by atoms with E-state index in [4.69, 9.17) is 5.73 Å². The summed E-state index contributed by atoms with van der Waals surface area (Å²) in [5.74, 6) is 0.741. The molecule has 1 heterocycles. The van der Waals surface area contributed by atoms with Crippen LogP contribution in [0.3, 0.4) is 0 Å². The van der Waals surface area contributed by atoms with Crippen LogP contribution in [-0.4, -0.2) is 52.9 Å². The molecule has 2 amide bonds. The molecular formula is C18H28N6O2. The maximum absolute atomic E-state index is 12.1. The number of rotatable bonds is 6. The van der Waals surface area contributed by atoms with Crippen LogP contribution in [-0.2, 0) is 4.79 Å². The van der Waals surface area contributed by atoms with Gasteiger partial charge in [0, 0.05) is 38.3 Å². The van der Waals surface area contributed by atoms with Gasteiger partial charge in [-0.15, -0.1) is 0 Å². The molecular weight excluding hydrogens is 332 g/mol. The van der Waals surface area contributed by atoms with E-state index in [1.807, 2.05) is 0 Å². The van der Waals surface area contributed by atoms with Gasteiger partial charge in [-0.25, -0.2) is 4.98 Å². The predicted molar refractivity (Wildman–Crippen MR) is 99.9 cm³/mol. The average Bonchev–Trinajstić information content (AvgIpc) is 2.58. The zero-order valence-electron chi connectivity index (χ0n) is 15.5. The molecule has 0 unspecified atom stereocenters. The Morgan fingerprint density at radius 3 is 2.27 bits per heavy atom. The van der Waals surface area contributed by atoms with Crippen molar-refractivity contribution in [1.29, 1.82) is 0 Å². The molecule has 2 aliphatic carbocycles. The van der Waals surface area contributed by atoms with Gasteiger partial charge in [-0.3, -0.25) is 9.59 Å². The monoisotopic (exact) mass is 360 g/mol. The number of aromatic nitrogens is 2. The summed E-state index contributed by atoms with van der Waals surface area (Å²) in [5, 5.41) is 6.64. The Labute approximate surface area is 153 Å². The summed E-state index contributed by atoms with van der Waals surface area (Å²) in [6, 6.07) is 0.584. The van der Waals surface area contributed by atoms with Crippen molar-refractivity contribution in [1.82, 2.24) is 14.9 Å². The fourth-order valence-corrected chi connectivity index (χ4v) is 3.52. The first-order valence-corrected chi connectivity index (χ1v) is 9.35. The highest BCUT2D eigenvalue weighted by Gasteiger charge is 2.28. The molecule has 2 fully saturated rings. The molecule has 2 aliphatic rings. The maximum atomic E-state index is 12.1. The van der Waals surface area contributed by atoms with E-state index in [0.717, 1.165) is 38.5 Å². The Morgan fingerprint density at radius 2 is 1.73 bits per heavy atom. The summed E-state index contributed by atoms with van der Waals surface area (Å²) in [4.78, 5) is 34.2. The van der Waals surface area contributed by atoms with Gasteiger partial charge in [-0.2, -0.15) is 4.98 Å². The summed E-state index contributed by atoms with van der Waals surface area (Å²) in [7, 11) is 3.59. The SMILES string of the molecule is CN(C)C(=O)[C@H]1CC[C@H](Nc2nc(NC3CCC3)ncc2C(N)=O)CC1. The van der Waals surface area contributed by atoms with Crippen molar-refractivity contribution < 1.29 is 9.59 Å². The molecule has 1 aromatic heterocycles. The zero-order chi connectivity index (χ0) is 18.7. The molecule has 4 N–H and O–H groups in total. The highest BCUT2D eigenvalue weighted by molar-refractivity contribution is 5.97. The Kier molecular flexibility index (Phi) is 5.58. The molecule has 3 rings (SSSR count). The number of anilines is 2. The summed E-state index contributed by atoms with van der Waals surface area (Å²) in [6.07, 6.45) is 8.32. The molecule has 1 aromatic rings. The lowest BCUT2D eigenvalue weighted by Gasteiger charge is -2.30. The second-order valence-electron chi connectivity index (χ2n) is 7.52.